The zero-order valence-corrected chi connectivity index (χ0v) is 10.8. The number of anilines is 2. The molecule has 0 bridgehead atoms. The van der Waals surface area contributed by atoms with Crippen molar-refractivity contribution in [3.05, 3.63) is 29.1 Å². The average molecular weight is 248 g/mol. The van der Waals surface area contributed by atoms with Crippen LogP contribution >= 0.6 is 0 Å². The Kier molecular flexibility index (Phi) is 9.92. The van der Waals surface area contributed by atoms with E-state index >= 15 is 0 Å². The molecule has 0 saturated carbocycles. The summed E-state index contributed by atoms with van der Waals surface area (Å²) in [4.78, 5) is 6.95. The highest BCUT2D eigenvalue weighted by atomic mass is 14.9. The van der Waals surface area contributed by atoms with Crippen LogP contribution in [0.3, 0.4) is 0 Å². The molecule has 1 rings (SSSR count). The molecule has 0 saturated heterocycles. The Morgan fingerprint density at radius 1 is 1.50 bits per heavy atom. The van der Waals surface area contributed by atoms with E-state index in [4.69, 9.17) is 23.3 Å². The third kappa shape index (κ3) is 7.91. The smallest absolute Gasteiger partial charge is 0.215 e. The third-order valence-electron chi connectivity index (χ3n) is 2.05. The first-order chi connectivity index (χ1) is 8.01. The monoisotopic (exact) mass is 248 g/mol. The van der Waals surface area contributed by atoms with Crippen LogP contribution in [-0.4, -0.2) is 11.5 Å². The van der Waals surface area contributed by atoms with Crippen molar-refractivity contribution in [1.29, 1.82) is 5.26 Å². The van der Waals surface area contributed by atoms with Crippen molar-refractivity contribution in [2.75, 3.05) is 18.0 Å². The summed E-state index contributed by atoms with van der Waals surface area (Å²) in [6.07, 6.45) is 0.708. The van der Waals surface area contributed by atoms with Gasteiger partial charge in [0.1, 0.15) is 11.6 Å². The van der Waals surface area contributed by atoms with E-state index in [-0.39, 0.29) is 12.1 Å². The lowest BCUT2D eigenvalue weighted by molar-refractivity contribution is 0.699. The number of hydrogen-bond acceptors (Lipinski definition) is 5. The molecule has 1 unspecified atom stereocenters. The number of nitriles is 1. The van der Waals surface area contributed by atoms with Gasteiger partial charge in [-0.1, -0.05) is 6.07 Å². The summed E-state index contributed by atoms with van der Waals surface area (Å²) in [5.41, 5.74) is 11.7. The highest BCUT2D eigenvalue weighted by Crippen LogP contribution is 2.07. The molecule has 0 aliphatic rings. The molecular formula is C12H20N6. The van der Waals surface area contributed by atoms with Crippen molar-refractivity contribution in [2.45, 2.75) is 20.3 Å². The second-order valence-corrected chi connectivity index (χ2v) is 3.64. The number of aromatic nitrogens is 1. The summed E-state index contributed by atoms with van der Waals surface area (Å²) in [6.45, 7) is 10.6. The average Bonchev–Trinajstić information content (AvgIpc) is 2.32. The summed E-state index contributed by atoms with van der Waals surface area (Å²) in [6, 6.07) is 5.63. The van der Waals surface area contributed by atoms with Gasteiger partial charge < -0.3 is 22.5 Å². The van der Waals surface area contributed by atoms with Gasteiger partial charge in [-0.2, -0.15) is 5.26 Å². The molecule has 0 radical (unpaired) electrons. The van der Waals surface area contributed by atoms with Gasteiger partial charge >= 0.3 is 0 Å². The minimum Gasteiger partial charge on any atom is -0.384 e. The zero-order valence-electron chi connectivity index (χ0n) is 10.8. The molecule has 1 atom stereocenters. The van der Waals surface area contributed by atoms with E-state index < -0.39 is 0 Å². The van der Waals surface area contributed by atoms with Crippen LogP contribution in [0, 0.1) is 30.7 Å². The Hall–Kier alpha value is -2.31. The highest BCUT2D eigenvalue weighted by molar-refractivity contribution is 5.44. The predicted octanol–water partition coefficient (Wildman–Crippen LogP) is 2.17. The van der Waals surface area contributed by atoms with Gasteiger partial charge in [0.15, 0.2) is 0 Å². The quantitative estimate of drug-likeness (QED) is 0.691. The topological polar surface area (TPSA) is 128 Å². The van der Waals surface area contributed by atoms with Crippen LogP contribution in [0.15, 0.2) is 12.1 Å². The van der Waals surface area contributed by atoms with E-state index in [9.17, 15) is 0 Å². The molecule has 0 aliphatic heterocycles. The normalized spacial score (nSPS) is 9.78. The minimum atomic E-state index is 0. The van der Waals surface area contributed by atoms with Crippen molar-refractivity contribution in [3.63, 3.8) is 0 Å². The van der Waals surface area contributed by atoms with Crippen molar-refractivity contribution in [1.82, 2.24) is 11.1 Å². The molecule has 0 spiro atoms. The standard InChI is InChI=1S/C6H9N3.C6H8N2.H3N/c1-4-2-3-5(7)9-6(4)8;1-6(5-7)3-4-8-2;/h2-3H,1H3,(H4,7,8,9);6H,3-4H2,1H3;1H3. The number of pyridine rings is 1. The Bertz CT molecular complexity index is 429. The highest BCUT2D eigenvalue weighted by Gasteiger charge is 1.98. The lowest BCUT2D eigenvalue weighted by atomic mass is 10.1. The fraction of sp³-hybridized carbons (Fsp3) is 0.417. The first kappa shape index (κ1) is 18.1. The fourth-order valence-electron chi connectivity index (χ4n) is 0.883. The lowest BCUT2D eigenvalue weighted by Crippen LogP contribution is -1.97. The molecule has 6 nitrogen and oxygen atoms in total. The van der Waals surface area contributed by atoms with E-state index in [1.807, 2.05) is 19.9 Å². The molecule has 0 aromatic carbocycles. The Balaban J connectivity index is 0. The van der Waals surface area contributed by atoms with Gasteiger partial charge in [-0.25, -0.2) is 11.6 Å². The van der Waals surface area contributed by atoms with Crippen LogP contribution in [0.4, 0.5) is 11.6 Å². The fourth-order valence-corrected chi connectivity index (χ4v) is 0.883. The van der Waals surface area contributed by atoms with Crippen LogP contribution in [0.5, 0.6) is 0 Å². The third-order valence-corrected chi connectivity index (χ3v) is 2.05. The number of nitrogen functional groups attached to an aromatic ring is 2. The Morgan fingerprint density at radius 3 is 2.50 bits per heavy atom. The van der Waals surface area contributed by atoms with Gasteiger partial charge in [-0.05, 0) is 25.5 Å². The predicted molar refractivity (Wildman–Crippen MR) is 73.7 cm³/mol. The maximum Gasteiger partial charge on any atom is 0.215 e. The van der Waals surface area contributed by atoms with E-state index in [1.54, 1.807) is 6.07 Å². The first-order valence-electron chi connectivity index (χ1n) is 5.22. The maximum absolute atomic E-state index is 8.21. The van der Waals surface area contributed by atoms with Crippen LogP contribution in [0.25, 0.3) is 4.85 Å². The molecule has 0 amide bonds. The second-order valence-electron chi connectivity index (χ2n) is 3.64. The number of rotatable bonds is 2. The molecule has 1 heterocycles. The van der Waals surface area contributed by atoms with Crippen molar-refractivity contribution < 1.29 is 0 Å². The molecule has 0 aliphatic carbocycles. The van der Waals surface area contributed by atoms with E-state index in [0.717, 1.165) is 5.56 Å². The van der Waals surface area contributed by atoms with Crippen LogP contribution in [-0.2, 0) is 0 Å². The van der Waals surface area contributed by atoms with Gasteiger partial charge in [0, 0.05) is 6.42 Å². The van der Waals surface area contributed by atoms with Crippen molar-refractivity contribution in [3.8, 4) is 6.07 Å². The SMILES string of the molecule is Cc1ccc(N)nc1N.N.[C-]#[N+]CCC(C)C#N. The molecular weight excluding hydrogens is 228 g/mol. The number of nitrogens with zero attached hydrogens (tertiary/aromatic N) is 3. The molecule has 7 N–H and O–H groups in total. The van der Waals surface area contributed by atoms with Crippen molar-refractivity contribution >= 4 is 11.6 Å². The molecule has 1 aromatic rings. The van der Waals surface area contributed by atoms with Crippen molar-refractivity contribution in [2.24, 2.45) is 5.92 Å². The van der Waals surface area contributed by atoms with E-state index in [1.165, 1.54) is 0 Å². The van der Waals surface area contributed by atoms with Crippen LogP contribution in [0.2, 0.25) is 0 Å². The van der Waals surface area contributed by atoms with E-state index in [0.29, 0.717) is 24.6 Å². The summed E-state index contributed by atoms with van der Waals surface area (Å²) < 4.78 is 0. The molecule has 6 heteroatoms. The second kappa shape index (κ2) is 9.88. The lowest BCUT2D eigenvalue weighted by Gasteiger charge is -1.97. The number of nitrogens with two attached hydrogens (primary N) is 2. The van der Waals surface area contributed by atoms with Gasteiger partial charge in [-0.3, -0.25) is 0 Å². The summed E-state index contributed by atoms with van der Waals surface area (Å²) in [5.74, 6) is 1.03. The Morgan fingerprint density at radius 2 is 2.11 bits per heavy atom. The molecule has 18 heavy (non-hydrogen) atoms. The number of aryl methyl sites for hydroxylation is 1. The number of hydrogen-bond donors (Lipinski definition) is 3. The van der Waals surface area contributed by atoms with Gasteiger partial charge in [0.25, 0.3) is 0 Å². The maximum atomic E-state index is 8.21. The largest absolute Gasteiger partial charge is 0.384 e. The minimum absolute atomic E-state index is 0. The summed E-state index contributed by atoms with van der Waals surface area (Å²) in [7, 11) is 0. The molecule has 0 fully saturated rings. The molecule has 1 aromatic heterocycles. The summed E-state index contributed by atoms with van der Waals surface area (Å²) in [5, 5.41) is 8.21. The van der Waals surface area contributed by atoms with Crippen LogP contribution < -0.4 is 17.6 Å². The summed E-state index contributed by atoms with van der Waals surface area (Å²) >= 11 is 0. The Labute approximate surface area is 108 Å². The first-order valence-corrected chi connectivity index (χ1v) is 5.22. The van der Waals surface area contributed by atoms with Crippen LogP contribution in [0.1, 0.15) is 18.9 Å². The molecule has 98 valence electrons. The van der Waals surface area contributed by atoms with Gasteiger partial charge in [0.2, 0.25) is 6.54 Å². The zero-order chi connectivity index (χ0) is 13.3. The van der Waals surface area contributed by atoms with E-state index in [2.05, 4.69) is 15.9 Å². The van der Waals surface area contributed by atoms with Gasteiger partial charge in [0.05, 0.1) is 12.0 Å². The van der Waals surface area contributed by atoms with Gasteiger partial charge in [-0.15, -0.1) is 0 Å².